The lowest BCUT2D eigenvalue weighted by Gasteiger charge is -2.26. The topological polar surface area (TPSA) is 69.3 Å². The molecule has 0 aromatic carbocycles. The summed E-state index contributed by atoms with van der Waals surface area (Å²) in [7, 11) is 0. The van der Waals surface area contributed by atoms with Crippen LogP contribution in [0.5, 0.6) is 0 Å². The predicted octanol–water partition coefficient (Wildman–Crippen LogP) is 3.65. The van der Waals surface area contributed by atoms with Crippen LogP contribution < -0.4 is 10.5 Å². The SMILES string of the molecule is CCCn1c(N2CCCC2)c(C=C2SC(=S)N(C(C)C)C2=O)c(C)c(C#N)c1=O. The molecule has 0 unspecified atom stereocenters. The van der Waals surface area contributed by atoms with E-state index in [1.807, 2.05) is 26.8 Å². The quantitative estimate of drug-likeness (QED) is 0.525. The lowest BCUT2D eigenvalue weighted by Crippen LogP contribution is -2.34. The summed E-state index contributed by atoms with van der Waals surface area (Å²) >= 11 is 6.69. The summed E-state index contributed by atoms with van der Waals surface area (Å²) in [6.07, 6.45) is 4.74. The zero-order valence-corrected chi connectivity index (χ0v) is 19.0. The van der Waals surface area contributed by atoms with Gasteiger partial charge in [0.05, 0.1) is 4.91 Å². The lowest BCUT2D eigenvalue weighted by atomic mass is 10.0. The second-order valence-electron chi connectivity index (χ2n) is 7.65. The van der Waals surface area contributed by atoms with E-state index in [-0.39, 0.29) is 23.1 Å². The Bertz CT molecular complexity index is 982. The van der Waals surface area contributed by atoms with Gasteiger partial charge in [0.25, 0.3) is 11.5 Å². The first kappa shape index (κ1) is 21.6. The van der Waals surface area contributed by atoms with E-state index in [4.69, 9.17) is 12.2 Å². The summed E-state index contributed by atoms with van der Waals surface area (Å²) < 4.78 is 2.25. The molecule has 0 spiro atoms. The zero-order valence-electron chi connectivity index (χ0n) is 17.3. The number of pyridine rings is 1. The summed E-state index contributed by atoms with van der Waals surface area (Å²) in [5.41, 5.74) is 1.30. The molecule has 154 valence electrons. The van der Waals surface area contributed by atoms with Crippen molar-refractivity contribution in [2.45, 2.75) is 59.5 Å². The van der Waals surface area contributed by atoms with Crippen LogP contribution in [0, 0.1) is 18.3 Å². The Morgan fingerprint density at radius 3 is 2.45 bits per heavy atom. The van der Waals surface area contributed by atoms with Crippen LogP contribution in [0.25, 0.3) is 6.08 Å². The van der Waals surface area contributed by atoms with Gasteiger partial charge >= 0.3 is 0 Å². The van der Waals surface area contributed by atoms with Crippen LogP contribution in [0.1, 0.15) is 56.7 Å². The highest BCUT2D eigenvalue weighted by molar-refractivity contribution is 8.26. The van der Waals surface area contributed by atoms with E-state index in [1.165, 1.54) is 11.8 Å². The molecule has 2 saturated heterocycles. The largest absolute Gasteiger partial charge is 0.357 e. The minimum atomic E-state index is -0.249. The van der Waals surface area contributed by atoms with E-state index in [1.54, 1.807) is 16.4 Å². The Hall–Kier alpha value is -2.11. The molecule has 8 heteroatoms. The second kappa shape index (κ2) is 8.72. The first-order valence-electron chi connectivity index (χ1n) is 10.0. The van der Waals surface area contributed by atoms with E-state index in [0.29, 0.717) is 21.3 Å². The fourth-order valence-electron chi connectivity index (χ4n) is 3.90. The van der Waals surface area contributed by atoms with Gasteiger partial charge in [-0.25, -0.2) is 0 Å². The van der Waals surface area contributed by atoms with Crippen molar-refractivity contribution < 1.29 is 4.79 Å². The second-order valence-corrected chi connectivity index (χ2v) is 9.32. The molecule has 0 radical (unpaired) electrons. The molecule has 2 aliphatic rings. The number of aromatic nitrogens is 1. The molecule has 1 amide bonds. The highest BCUT2D eigenvalue weighted by atomic mass is 32.2. The van der Waals surface area contributed by atoms with Crippen molar-refractivity contribution in [2.75, 3.05) is 18.0 Å². The van der Waals surface area contributed by atoms with Crippen molar-refractivity contribution in [1.82, 2.24) is 9.47 Å². The van der Waals surface area contributed by atoms with Gasteiger partial charge < -0.3 is 4.90 Å². The molecular weight excluding hydrogens is 404 g/mol. The van der Waals surface area contributed by atoms with Gasteiger partial charge in [-0.2, -0.15) is 5.26 Å². The molecule has 0 bridgehead atoms. The van der Waals surface area contributed by atoms with Gasteiger partial charge in [-0.15, -0.1) is 0 Å². The third kappa shape index (κ3) is 3.86. The minimum absolute atomic E-state index is 0.0173. The average Bonchev–Trinajstić information content (AvgIpc) is 3.28. The Morgan fingerprint density at radius 2 is 1.93 bits per heavy atom. The van der Waals surface area contributed by atoms with Gasteiger partial charge in [0.15, 0.2) is 0 Å². The molecule has 2 aliphatic heterocycles. The number of anilines is 1. The van der Waals surface area contributed by atoms with E-state index in [2.05, 4.69) is 11.0 Å². The number of rotatable bonds is 5. The lowest BCUT2D eigenvalue weighted by molar-refractivity contribution is -0.123. The van der Waals surface area contributed by atoms with E-state index in [0.717, 1.165) is 43.7 Å². The highest BCUT2D eigenvalue weighted by Gasteiger charge is 2.35. The molecule has 1 aromatic rings. The van der Waals surface area contributed by atoms with Gasteiger partial charge in [0.2, 0.25) is 0 Å². The first-order chi connectivity index (χ1) is 13.8. The fraction of sp³-hybridized carbons (Fsp3) is 0.524. The van der Waals surface area contributed by atoms with E-state index in [9.17, 15) is 14.9 Å². The Kier molecular flexibility index (Phi) is 6.49. The van der Waals surface area contributed by atoms with Crippen molar-refractivity contribution in [3.63, 3.8) is 0 Å². The molecule has 2 fully saturated rings. The highest BCUT2D eigenvalue weighted by Crippen LogP contribution is 2.37. The average molecular weight is 431 g/mol. The number of amides is 1. The summed E-state index contributed by atoms with van der Waals surface area (Å²) in [6, 6.07) is 2.07. The summed E-state index contributed by atoms with van der Waals surface area (Å²) in [6.45, 7) is 9.94. The smallest absolute Gasteiger partial charge is 0.270 e. The molecular formula is C21H26N4O2S2. The number of nitriles is 1. The van der Waals surface area contributed by atoms with Gasteiger partial charge in [0, 0.05) is 31.2 Å². The Balaban J connectivity index is 2.26. The number of hydrogen-bond acceptors (Lipinski definition) is 6. The van der Waals surface area contributed by atoms with E-state index < -0.39 is 0 Å². The number of nitrogens with zero attached hydrogens (tertiary/aromatic N) is 4. The molecule has 6 nitrogen and oxygen atoms in total. The number of carbonyl (C=O) groups is 1. The summed E-state index contributed by atoms with van der Waals surface area (Å²) in [5.74, 6) is 0.703. The predicted molar refractivity (Wildman–Crippen MR) is 122 cm³/mol. The zero-order chi connectivity index (χ0) is 21.3. The van der Waals surface area contributed by atoms with Crippen LogP contribution in [-0.4, -0.2) is 38.8 Å². The van der Waals surface area contributed by atoms with Crippen molar-refractivity contribution in [3.05, 3.63) is 31.9 Å². The van der Waals surface area contributed by atoms with Crippen molar-refractivity contribution >= 4 is 46.1 Å². The molecule has 0 saturated carbocycles. The minimum Gasteiger partial charge on any atom is -0.357 e. The molecule has 0 N–H and O–H groups in total. The van der Waals surface area contributed by atoms with Crippen molar-refractivity contribution in [3.8, 4) is 6.07 Å². The van der Waals surface area contributed by atoms with Crippen molar-refractivity contribution in [2.24, 2.45) is 0 Å². The van der Waals surface area contributed by atoms with Crippen LogP contribution in [0.4, 0.5) is 5.82 Å². The molecule has 1 aromatic heterocycles. The number of carbonyl (C=O) groups excluding carboxylic acids is 1. The van der Waals surface area contributed by atoms with Crippen LogP contribution >= 0.6 is 24.0 Å². The Morgan fingerprint density at radius 1 is 1.28 bits per heavy atom. The van der Waals surface area contributed by atoms with Gasteiger partial charge in [-0.05, 0) is 51.7 Å². The van der Waals surface area contributed by atoms with Crippen molar-refractivity contribution in [1.29, 1.82) is 5.26 Å². The third-order valence-electron chi connectivity index (χ3n) is 5.31. The molecule has 0 aliphatic carbocycles. The van der Waals surface area contributed by atoms with Gasteiger partial charge in [-0.1, -0.05) is 30.9 Å². The molecule has 3 rings (SSSR count). The molecule has 3 heterocycles. The van der Waals surface area contributed by atoms with Crippen LogP contribution in [-0.2, 0) is 11.3 Å². The maximum Gasteiger partial charge on any atom is 0.270 e. The van der Waals surface area contributed by atoms with Gasteiger partial charge in [0.1, 0.15) is 21.8 Å². The first-order valence-corrected chi connectivity index (χ1v) is 11.2. The van der Waals surface area contributed by atoms with Crippen LogP contribution in [0.3, 0.4) is 0 Å². The van der Waals surface area contributed by atoms with Gasteiger partial charge in [-0.3, -0.25) is 19.1 Å². The standard InChI is InChI=1S/C21H26N4O2S2/c1-5-8-24-18(23-9-6-7-10-23)15(14(4)16(12-22)19(24)26)11-17-20(27)25(13(2)3)21(28)29-17/h11,13H,5-10H2,1-4H3. The molecule has 29 heavy (non-hydrogen) atoms. The normalized spacial score (nSPS) is 18.4. The summed E-state index contributed by atoms with van der Waals surface area (Å²) in [5, 5.41) is 9.64. The number of thioether (sulfide) groups is 1. The number of thiocarbonyl (C=S) groups is 1. The Labute approximate surface area is 181 Å². The maximum atomic E-state index is 13.0. The summed E-state index contributed by atoms with van der Waals surface area (Å²) in [4.78, 5) is 30.3. The van der Waals surface area contributed by atoms with Crippen LogP contribution in [0.2, 0.25) is 0 Å². The third-order valence-corrected chi connectivity index (χ3v) is 6.64. The van der Waals surface area contributed by atoms with E-state index >= 15 is 0 Å². The monoisotopic (exact) mass is 430 g/mol. The molecule has 0 atom stereocenters. The van der Waals surface area contributed by atoms with Crippen LogP contribution in [0.15, 0.2) is 9.70 Å². The number of hydrogen-bond donors (Lipinski definition) is 0. The fourth-order valence-corrected chi connectivity index (χ4v) is 5.41. The maximum absolute atomic E-state index is 13.0.